The molecule has 0 unspecified atom stereocenters. The molecule has 14 heavy (non-hydrogen) atoms. The van der Waals surface area contributed by atoms with Crippen LogP contribution in [0.25, 0.3) is 0 Å². The summed E-state index contributed by atoms with van der Waals surface area (Å²) in [5, 5.41) is 7.57. The number of pyridine rings is 1. The van der Waals surface area contributed by atoms with Gasteiger partial charge in [0.2, 0.25) is 0 Å². The van der Waals surface area contributed by atoms with E-state index in [0.29, 0.717) is 0 Å². The van der Waals surface area contributed by atoms with Crippen molar-refractivity contribution in [2.75, 3.05) is 5.32 Å². The third kappa shape index (κ3) is 2.33. The molecule has 0 bridgehead atoms. The summed E-state index contributed by atoms with van der Waals surface area (Å²) < 4.78 is 0. The Labute approximate surface area is 87.6 Å². The number of hydrogen-bond acceptors (Lipinski definition) is 3. The lowest BCUT2D eigenvalue weighted by atomic mass is 10.3. The summed E-state index contributed by atoms with van der Waals surface area (Å²) in [7, 11) is 0. The zero-order chi connectivity index (χ0) is 9.80. The Morgan fingerprint density at radius 1 is 1.43 bits per heavy atom. The molecule has 0 fully saturated rings. The van der Waals surface area contributed by atoms with Crippen molar-refractivity contribution >= 4 is 17.0 Å². The van der Waals surface area contributed by atoms with E-state index in [1.165, 1.54) is 11.1 Å². The van der Waals surface area contributed by atoms with Gasteiger partial charge in [-0.15, -0.1) is 0 Å². The average Bonchev–Trinajstić information content (AvgIpc) is 2.67. The lowest BCUT2D eigenvalue weighted by Gasteiger charge is -2.04. The van der Waals surface area contributed by atoms with Crippen molar-refractivity contribution < 1.29 is 0 Å². The standard InChI is InChI=1S/C11H12N2S/c1-9-4-11(7-12-5-9)13-6-10-2-3-14-8-10/h2-5,7-8,13H,6H2,1H3. The van der Waals surface area contributed by atoms with E-state index in [0.717, 1.165) is 12.2 Å². The van der Waals surface area contributed by atoms with Crippen LogP contribution >= 0.6 is 11.3 Å². The largest absolute Gasteiger partial charge is 0.380 e. The SMILES string of the molecule is Cc1cncc(NCc2ccsc2)c1. The highest BCUT2D eigenvalue weighted by Gasteiger charge is 1.94. The summed E-state index contributed by atoms with van der Waals surface area (Å²) in [6, 6.07) is 4.22. The van der Waals surface area contributed by atoms with E-state index in [1.807, 2.05) is 19.3 Å². The van der Waals surface area contributed by atoms with E-state index in [2.05, 4.69) is 33.2 Å². The second-order valence-electron chi connectivity index (χ2n) is 3.24. The Morgan fingerprint density at radius 3 is 3.07 bits per heavy atom. The molecule has 0 saturated heterocycles. The van der Waals surface area contributed by atoms with Gasteiger partial charge in [0.25, 0.3) is 0 Å². The van der Waals surface area contributed by atoms with Crippen LogP contribution in [0.3, 0.4) is 0 Å². The Balaban J connectivity index is 1.98. The Morgan fingerprint density at radius 2 is 2.36 bits per heavy atom. The first-order valence-corrected chi connectivity index (χ1v) is 5.45. The molecule has 0 aliphatic rings. The van der Waals surface area contributed by atoms with Crippen LogP contribution in [0.1, 0.15) is 11.1 Å². The van der Waals surface area contributed by atoms with Crippen molar-refractivity contribution in [2.24, 2.45) is 0 Å². The number of rotatable bonds is 3. The smallest absolute Gasteiger partial charge is 0.0532 e. The summed E-state index contributed by atoms with van der Waals surface area (Å²) in [4.78, 5) is 4.12. The molecular weight excluding hydrogens is 192 g/mol. The van der Waals surface area contributed by atoms with Crippen molar-refractivity contribution in [3.63, 3.8) is 0 Å². The average molecular weight is 204 g/mol. The molecule has 1 N–H and O–H groups in total. The van der Waals surface area contributed by atoms with Gasteiger partial charge in [-0.25, -0.2) is 0 Å². The van der Waals surface area contributed by atoms with E-state index >= 15 is 0 Å². The fourth-order valence-electron chi connectivity index (χ4n) is 1.25. The normalized spacial score (nSPS) is 10.1. The monoisotopic (exact) mass is 204 g/mol. The molecule has 2 aromatic rings. The van der Waals surface area contributed by atoms with Gasteiger partial charge in [0.1, 0.15) is 0 Å². The summed E-state index contributed by atoms with van der Waals surface area (Å²) in [5.74, 6) is 0. The second-order valence-corrected chi connectivity index (χ2v) is 4.02. The highest BCUT2D eigenvalue weighted by molar-refractivity contribution is 7.07. The van der Waals surface area contributed by atoms with Crippen LogP contribution in [-0.4, -0.2) is 4.98 Å². The lowest BCUT2D eigenvalue weighted by molar-refractivity contribution is 1.14. The van der Waals surface area contributed by atoms with Gasteiger partial charge < -0.3 is 5.32 Å². The van der Waals surface area contributed by atoms with Crippen LogP contribution in [0.4, 0.5) is 5.69 Å². The van der Waals surface area contributed by atoms with E-state index < -0.39 is 0 Å². The quantitative estimate of drug-likeness (QED) is 0.831. The number of nitrogens with one attached hydrogen (secondary N) is 1. The predicted octanol–water partition coefficient (Wildman–Crippen LogP) is 3.06. The van der Waals surface area contributed by atoms with E-state index in [9.17, 15) is 0 Å². The van der Waals surface area contributed by atoms with Crippen LogP contribution in [-0.2, 0) is 6.54 Å². The van der Waals surface area contributed by atoms with Crippen LogP contribution in [0.5, 0.6) is 0 Å². The van der Waals surface area contributed by atoms with Crippen LogP contribution in [0.2, 0.25) is 0 Å². The van der Waals surface area contributed by atoms with E-state index in [4.69, 9.17) is 0 Å². The van der Waals surface area contributed by atoms with Gasteiger partial charge in [-0.2, -0.15) is 11.3 Å². The molecule has 0 spiro atoms. The summed E-state index contributed by atoms with van der Waals surface area (Å²) in [6.07, 6.45) is 3.70. The molecule has 2 heterocycles. The molecule has 0 atom stereocenters. The molecule has 0 aliphatic heterocycles. The maximum absolute atomic E-state index is 4.12. The first-order chi connectivity index (χ1) is 6.84. The molecular formula is C11H12N2S. The van der Waals surface area contributed by atoms with Crippen molar-refractivity contribution in [3.8, 4) is 0 Å². The van der Waals surface area contributed by atoms with Gasteiger partial charge in [0.15, 0.2) is 0 Å². The number of aromatic nitrogens is 1. The second kappa shape index (κ2) is 4.24. The predicted molar refractivity (Wildman–Crippen MR) is 60.6 cm³/mol. The van der Waals surface area contributed by atoms with Gasteiger partial charge in [-0.05, 0) is 40.9 Å². The van der Waals surface area contributed by atoms with Gasteiger partial charge in [0, 0.05) is 18.9 Å². The molecule has 2 nitrogen and oxygen atoms in total. The molecule has 0 aromatic carbocycles. The van der Waals surface area contributed by atoms with Gasteiger partial charge >= 0.3 is 0 Å². The molecule has 0 radical (unpaired) electrons. The molecule has 0 amide bonds. The maximum Gasteiger partial charge on any atom is 0.0532 e. The highest BCUT2D eigenvalue weighted by atomic mass is 32.1. The molecule has 72 valence electrons. The van der Waals surface area contributed by atoms with E-state index in [1.54, 1.807) is 11.3 Å². The number of thiophene rings is 1. The number of hydrogen-bond donors (Lipinski definition) is 1. The minimum absolute atomic E-state index is 0.870. The van der Waals surface area contributed by atoms with E-state index in [-0.39, 0.29) is 0 Å². The van der Waals surface area contributed by atoms with Crippen LogP contribution < -0.4 is 5.32 Å². The minimum atomic E-state index is 0.870. The summed E-state index contributed by atoms with van der Waals surface area (Å²) in [6.45, 7) is 2.91. The Bertz CT molecular complexity index is 395. The Hall–Kier alpha value is -1.35. The van der Waals surface area contributed by atoms with Gasteiger partial charge in [0.05, 0.1) is 5.69 Å². The number of nitrogens with zero attached hydrogens (tertiary/aromatic N) is 1. The topological polar surface area (TPSA) is 24.9 Å². The van der Waals surface area contributed by atoms with Crippen LogP contribution in [0, 0.1) is 6.92 Å². The highest BCUT2D eigenvalue weighted by Crippen LogP contribution is 2.11. The van der Waals surface area contributed by atoms with Crippen molar-refractivity contribution in [2.45, 2.75) is 13.5 Å². The zero-order valence-electron chi connectivity index (χ0n) is 8.03. The maximum atomic E-state index is 4.12. The zero-order valence-corrected chi connectivity index (χ0v) is 8.84. The fourth-order valence-corrected chi connectivity index (χ4v) is 1.92. The minimum Gasteiger partial charge on any atom is -0.380 e. The van der Waals surface area contributed by atoms with Crippen LogP contribution in [0.15, 0.2) is 35.3 Å². The first kappa shape index (κ1) is 9.21. The third-order valence-electron chi connectivity index (χ3n) is 1.95. The van der Waals surface area contributed by atoms with Crippen molar-refractivity contribution in [1.29, 1.82) is 0 Å². The number of anilines is 1. The third-order valence-corrected chi connectivity index (χ3v) is 2.68. The van der Waals surface area contributed by atoms with Crippen molar-refractivity contribution in [3.05, 3.63) is 46.4 Å². The van der Waals surface area contributed by atoms with Gasteiger partial charge in [-0.1, -0.05) is 0 Å². The molecule has 0 aliphatic carbocycles. The molecule has 3 heteroatoms. The molecule has 2 aromatic heterocycles. The van der Waals surface area contributed by atoms with Crippen molar-refractivity contribution in [1.82, 2.24) is 4.98 Å². The first-order valence-electron chi connectivity index (χ1n) is 4.51. The molecule has 2 rings (SSSR count). The Kier molecular flexibility index (Phi) is 2.79. The summed E-state index contributed by atoms with van der Waals surface area (Å²) in [5.41, 5.74) is 3.58. The van der Waals surface area contributed by atoms with Gasteiger partial charge in [-0.3, -0.25) is 4.98 Å². The molecule has 0 saturated carbocycles. The fraction of sp³-hybridized carbons (Fsp3) is 0.182. The lowest BCUT2D eigenvalue weighted by Crippen LogP contribution is -1.98. The summed E-state index contributed by atoms with van der Waals surface area (Å²) >= 11 is 1.72. The number of aryl methyl sites for hydroxylation is 1.